The van der Waals surface area contributed by atoms with Gasteiger partial charge in [0.05, 0.1) is 10.6 Å². The van der Waals surface area contributed by atoms with Crippen LogP contribution in [0.2, 0.25) is 0 Å². The van der Waals surface area contributed by atoms with Crippen LogP contribution in [0.5, 0.6) is 0 Å². The molecule has 0 saturated carbocycles. The van der Waals surface area contributed by atoms with Crippen molar-refractivity contribution < 1.29 is 17.9 Å². The highest BCUT2D eigenvalue weighted by Crippen LogP contribution is 2.34. The lowest BCUT2D eigenvalue weighted by Crippen LogP contribution is -2.44. The molecule has 7 heteroatoms. The molecule has 3 aromatic rings. The molecule has 1 amide bonds. The van der Waals surface area contributed by atoms with Crippen molar-refractivity contribution >= 4 is 21.6 Å². The van der Waals surface area contributed by atoms with Gasteiger partial charge in [-0.1, -0.05) is 48.5 Å². The van der Waals surface area contributed by atoms with E-state index in [1.807, 2.05) is 44.2 Å². The third-order valence-corrected chi connectivity index (χ3v) is 8.52. The van der Waals surface area contributed by atoms with Crippen molar-refractivity contribution in [3.63, 3.8) is 0 Å². The fraction of sp³-hybridized carbons (Fsp3) is 0.321. The zero-order valence-electron chi connectivity index (χ0n) is 20.4. The predicted molar refractivity (Wildman–Crippen MR) is 138 cm³/mol. The van der Waals surface area contributed by atoms with Gasteiger partial charge in [0, 0.05) is 30.7 Å². The normalized spacial score (nSPS) is 15.4. The Morgan fingerprint density at radius 1 is 0.914 bits per heavy atom. The third kappa shape index (κ3) is 5.41. The van der Waals surface area contributed by atoms with Crippen LogP contribution in [0.4, 0.5) is 5.69 Å². The van der Waals surface area contributed by atoms with Gasteiger partial charge in [-0.15, -0.1) is 0 Å². The first-order valence-corrected chi connectivity index (χ1v) is 13.3. The molecule has 35 heavy (non-hydrogen) atoms. The summed E-state index contributed by atoms with van der Waals surface area (Å²) in [4.78, 5) is 13.2. The highest BCUT2D eigenvalue weighted by molar-refractivity contribution is 7.92. The molecule has 2 N–H and O–H groups in total. The second kappa shape index (κ2) is 10.2. The lowest BCUT2D eigenvalue weighted by molar-refractivity contribution is 0.0487. The van der Waals surface area contributed by atoms with Crippen molar-refractivity contribution in [3.8, 4) is 0 Å². The maximum Gasteiger partial charge on any atom is 0.262 e. The summed E-state index contributed by atoms with van der Waals surface area (Å²) in [6, 6.07) is 20.5. The van der Waals surface area contributed by atoms with Gasteiger partial charge in [-0.3, -0.25) is 9.52 Å². The number of hydrogen-bond donors (Lipinski definition) is 2. The fourth-order valence-electron chi connectivity index (χ4n) is 4.57. The Hall–Kier alpha value is -3.16. The number of carbonyl (C=O) groups excluding carboxylic acids is 1. The molecule has 1 aliphatic heterocycles. The number of nitrogens with one attached hydrogen (secondary N) is 2. The Balaban J connectivity index is 1.56. The maximum atomic E-state index is 13.2. The lowest BCUT2D eigenvalue weighted by Gasteiger charge is -2.38. The Morgan fingerprint density at radius 2 is 1.63 bits per heavy atom. The van der Waals surface area contributed by atoms with Crippen LogP contribution in [0, 0.1) is 20.8 Å². The van der Waals surface area contributed by atoms with Crippen molar-refractivity contribution in [1.29, 1.82) is 0 Å². The molecule has 0 spiro atoms. The topological polar surface area (TPSA) is 84.5 Å². The van der Waals surface area contributed by atoms with Crippen LogP contribution in [0.3, 0.4) is 0 Å². The summed E-state index contributed by atoms with van der Waals surface area (Å²) in [5.41, 5.74) is 4.24. The Labute approximate surface area is 207 Å². The standard InChI is InChI=1S/C28H32N2O4S/c1-20-8-7-11-25(22(20)3)30-35(32,33)26-18-23(13-12-21(26)2)27(31)29-19-28(14-16-34-17-15-28)24-9-5-4-6-10-24/h4-13,18,30H,14-17,19H2,1-3H3,(H,29,31). The van der Waals surface area contributed by atoms with Gasteiger partial charge in [0.1, 0.15) is 0 Å². The molecule has 6 nitrogen and oxygen atoms in total. The predicted octanol–water partition coefficient (Wildman–Crippen LogP) is 4.89. The van der Waals surface area contributed by atoms with E-state index in [-0.39, 0.29) is 16.2 Å². The van der Waals surface area contributed by atoms with Gasteiger partial charge in [-0.25, -0.2) is 8.42 Å². The van der Waals surface area contributed by atoms with E-state index in [1.54, 1.807) is 25.1 Å². The first-order chi connectivity index (χ1) is 16.7. The summed E-state index contributed by atoms with van der Waals surface area (Å²) in [5, 5.41) is 3.06. The lowest BCUT2D eigenvalue weighted by atomic mass is 9.74. The SMILES string of the molecule is Cc1ccc(C(=O)NCC2(c3ccccc3)CCOCC2)cc1S(=O)(=O)Nc1cccc(C)c1C. The van der Waals surface area contributed by atoms with Crippen molar-refractivity contribution in [2.45, 2.75) is 43.9 Å². The fourth-order valence-corrected chi connectivity index (χ4v) is 5.96. The summed E-state index contributed by atoms with van der Waals surface area (Å²) < 4.78 is 34.8. The van der Waals surface area contributed by atoms with Crippen LogP contribution >= 0.6 is 0 Å². The summed E-state index contributed by atoms with van der Waals surface area (Å²) in [7, 11) is -3.88. The van der Waals surface area contributed by atoms with Gasteiger partial charge in [0.25, 0.3) is 15.9 Å². The van der Waals surface area contributed by atoms with E-state index in [4.69, 9.17) is 4.74 Å². The minimum Gasteiger partial charge on any atom is -0.381 e. The molecule has 1 saturated heterocycles. The molecule has 184 valence electrons. The zero-order chi connectivity index (χ0) is 25.1. The van der Waals surface area contributed by atoms with Gasteiger partial charge in [-0.05, 0) is 74.1 Å². The third-order valence-electron chi connectivity index (χ3n) is 7.01. The number of anilines is 1. The van der Waals surface area contributed by atoms with E-state index in [1.165, 1.54) is 11.6 Å². The number of rotatable bonds is 7. The van der Waals surface area contributed by atoms with E-state index in [9.17, 15) is 13.2 Å². The molecule has 0 aromatic heterocycles. The second-order valence-electron chi connectivity index (χ2n) is 9.27. The second-order valence-corrected chi connectivity index (χ2v) is 10.9. The van der Waals surface area contributed by atoms with E-state index < -0.39 is 10.0 Å². The average Bonchev–Trinajstić information content (AvgIpc) is 2.86. The average molecular weight is 493 g/mol. The largest absolute Gasteiger partial charge is 0.381 e. The van der Waals surface area contributed by atoms with E-state index in [0.29, 0.717) is 36.6 Å². The van der Waals surface area contributed by atoms with Crippen molar-refractivity contribution in [1.82, 2.24) is 5.32 Å². The molecule has 1 heterocycles. The van der Waals surface area contributed by atoms with Crippen LogP contribution in [0.1, 0.15) is 45.5 Å². The van der Waals surface area contributed by atoms with E-state index >= 15 is 0 Å². The quantitative estimate of drug-likeness (QED) is 0.492. The number of benzene rings is 3. The smallest absolute Gasteiger partial charge is 0.262 e. The minimum absolute atomic E-state index is 0.0925. The van der Waals surface area contributed by atoms with Crippen LogP contribution in [-0.4, -0.2) is 34.1 Å². The number of amides is 1. The van der Waals surface area contributed by atoms with Crippen LogP contribution < -0.4 is 10.0 Å². The van der Waals surface area contributed by atoms with Gasteiger partial charge in [0.2, 0.25) is 0 Å². The highest BCUT2D eigenvalue weighted by atomic mass is 32.2. The number of aryl methyl sites for hydroxylation is 2. The van der Waals surface area contributed by atoms with Crippen LogP contribution in [0.25, 0.3) is 0 Å². The molecule has 0 atom stereocenters. The summed E-state index contributed by atoms with van der Waals surface area (Å²) in [6.07, 6.45) is 1.62. The number of ether oxygens (including phenoxy) is 1. The van der Waals surface area contributed by atoms with E-state index in [2.05, 4.69) is 22.2 Å². The molecule has 1 fully saturated rings. The number of sulfonamides is 1. The van der Waals surface area contributed by atoms with E-state index in [0.717, 1.165) is 24.0 Å². The number of carbonyl (C=O) groups is 1. The molecular formula is C28H32N2O4S. The van der Waals surface area contributed by atoms with Crippen molar-refractivity contribution in [2.75, 3.05) is 24.5 Å². The Kier molecular flexibility index (Phi) is 7.28. The van der Waals surface area contributed by atoms with Crippen LogP contribution in [0.15, 0.2) is 71.6 Å². The van der Waals surface area contributed by atoms with Gasteiger partial charge in [0.15, 0.2) is 0 Å². The molecule has 0 radical (unpaired) electrons. The summed E-state index contributed by atoms with van der Waals surface area (Å²) >= 11 is 0. The van der Waals surface area contributed by atoms with Crippen molar-refractivity contribution in [3.05, 3.63) is 94.5 Å². The molecule has 0 bridgehead atoms. The van der Waals surface area contributed by atoms with Gasteiger partial charge < -0.3 is 10.1 Å². The first-order valence-electron chi connectivity index (χ1n) is 11.8. The first kappa shape index (κ1) is 24.9. The minimum atomic E-state index is -3.88. The highest BCUT2D eigenvalue weighted by Gasteiger charge is 2.35. The monoisotopic (exact) mass is 492 g/mol. The van der Waals surface area contributed by atoms with Gasteiger partial charge in [-0.2, -0.15) is 0 Å². The van der Waals surface area contributed by atoms with Gasteiger partial charge >= 0.3 is 0 Å². The number of hydrogen-bond acceptors (Lipinski definition) is 4. The summed E-state index contributed by atoms with van der Waals surface area (Å²) in [5.74, 6) is -0.296. The Bertz CT molecular complexity index is 1310. The summed E-state index contributed by atoms with van der Waals surface area (Å²) in [6.45, 7) is 7.28. The zero-order valence-corrected chi connectivity index (χ0v) is 21.2. The van der Waals surface area contributed by atoms with Crippen molar-refractivity contribution in [2.24, 2.45) is 0 Å². The molecule has 3 aromatic carbocycles. The van der Waals surface area contributed by atoms with Crippen LogP contribution in [-0.2, 0) is 20.2 Å². The Morgan fingerprint density at radius 3 is 2.34 bits per heavy atom. The maximum absolute atomic E-state index is 13.2. The molecular weight excluding hydrogens is 460 g/mol. The molecule has 0 unspecified atom stereocenters. The molecule has 0 aliphatic carbocycles. The molecule has 1 aliphatic rings. The molecule has 4 rings (SSSR count).